The third kappa shape index (κ3) is 3.90. The first-order chi connectivity index (χ1) is 8.02. The minimum Gasteiger partial charge on any atom is -0.478 e. The van der Waals surface area contributed by atoms with Crippen LogP contribution in [0.5, 0.6) is 0 Å². The Hall–Kier alpha value is -1.84. The molecule has 0 saturated heterocycles. The Morgan fingerprint density at radius 2 is 1.41 bits per heavy atom. The highest BCUT2D eigenvalue weighted by molar-refractivity contribution is 6.01. The molecule has 1 aliphatic carbocycles. The fourth-order valence-electron chi connectivity index (χ4n) is 1.47. The van der Waals surface area contributed by atoms with Gasteiger partial charge in [0.05, 0.1) is 11.1 Å². The van der Waals surface area contributed by atoms with Gasteiger partial charge >= 0.3 is 11.9 Å². The van der Waals surface area contributed by atoms with Gasteiger partial charge in [0.25, 0.3) is 0 Å². The quantitative estimate of drug-likeness (QED) is 0.827. The molecule has 2 rings (SSSR count). The first kappa shape index (κ1) is 13.2. The minimum atomic E-state index is -1.23. The average molecular weight is 236 g/mol. The number of carbonyl (C=O) groups is 2. The summed E-state index contributed by atoms with van der Waals surface area (Å²) in [7, 11) is 0. The summed E-state index contributed by atoms with van der Waals surface area (Å²) in [6.45, 7) is 2.31. The predicted octanol–water partition coefficient (Wildman–Crippen LogP) is 2.89. The molecular weight excluding hydrogens is 220 g/mol. The zero-order chi connectivity index (χ0) is 12.8. The molecule has 1 saturated carbocycles. The predicted molar refractivity (Wildman–Crippen MR) is 63.4 cm³/mol. The van der Waals surface area contributed by atoms with Crippen LogP contribution in [0.1, 0.15) is 46.9 Å². The smallest absolute Gasteiger partial charge is 0.336 e. The van der Waals surface area contributed by atoms with E-state index in [2.05, 4.69) is 6.92 Å². The summed E-state index contributed by atoms with van der Waals surface area (Å²) < 4.78 is 0. The number of benzene rings is 1. The Bertz CT molecular complexity index is 375. The summed E-state index contributed by atoms with van der Waals surface area (Å²) >= 11 is 0. The van der Waals surface area contributed by atoms with Crippen LogP contribution in [0, 0.1) is 5.92 Å². The molecule has 0 spiro atoms. The Balaban J connectivity index is 0.000000239. The first-order valence-corrected chi connectivity index (χ1v) is 5.58. The Kier molecular flexibility index (Phi) is 4.69. The van der Waals surface area contributed by atoms with Crippen LogP contribution in [0.3, 0.4) is 0 Å². The molecule has 1 aromatic rings. The molecule has 0 aromatic heterocycles. The molecule has 4 heteroatoms. The summed E-state index contributed by atoms with van der Waals surface area (Å²) in [5.74, 6) is -1.39. The van der Waals surface area contributed by atoms with Crippen molar-refractivity contribution in [3.05, 3.63) is 35.4 Å². The average Bonchev–Trinajstić information content (AvgIpc) is 2.27. The zero-order valence-electron chi connectivity index (χ0n) is 9.72. The molecule has 0 amide bonds. The van der Waals surface area contributed by atoms with Crippen molar-refractivity contribution in [2.24, 2.45) is 5.92 Å². The van der Waals surface area contributed by atoms with Crippen molar-refractivity contribution in [3.8, 4) is 0 Å². The normalized spacial score (nSPS) is 14.2. The van der Waals surface area contributed by atoms with Crippen LogP contribution in [-0.2, 0) is 0 Å². The number of carboxylic acids is 2. The van der Waals surface area contributed by atoms with Gasteiger partial charge < -0.3 is 10.2 Å². The fraction of sp³-hybridized carbons (Fsp3) is 0.385. The number of hydrogen-bond donors (Lipinski definition) is 2. The van der Waals surface area contributed by atoms with E-state index in [1.807, 2.05) is 0 Å². The van der Waals surface area contributed by atoms with E-state index in [0.29, 0.717) is 0 Å². The Morgan fingerprint density at radius 3 is 1.59 bits per heavy atom. The minimum absolute atomic E-state index is 0.190. The van der Waals surface area contributed by atoms with Crippen LogP contribution in [-0.4, -0.2) is 22.2 Å². The van der Waals surface area contributed by atoms with Gasteiger partial charge in [-0.05, 0) is 18.1 Å². The number of carboxylic acid groups (broad SMARTS) is 2. The lowest BCUT2D eigenvalue weighted by atomic mass is 9.88. The summed E-state index contributed by atoms with van der Waals surface area (Å²) in [5, 5.41) is 17.1. The summed E-state index contributed by atoms with van der Waals surface area (Å²) in [6, 6.07) is 5.48. The van der Waals surface area contributed by atoms with E-state index in [0.717, 1.165) is 5.92 Å². The van der Waals surface area contributed by atoms with Crippen LogP contribution in [0.4, 0.5) is 0 Å². The lowest BCUT2D eigenvalue weighted by Gasteiger charge is -2.18. The van der Waals surface area contributed by atoms with Crippen LogP contribution >= 0.6 is 0 Å². The Labute approximate surface area is 99.9 Å². The highest BCUT2D eigenvalue weighted by Gasteiger charge is 2.13. The summed E-state index contributed by atoms with van der Waals surface area (Å²) in [6.07, 6.45) is 4.46. The van der Waals surface area contributed by atoms with E-state index in [1.165, 1.54) is 43.5 Å². The van der Waals surface area contributed by atoms with Gasteiger partial charge in [-0.1, -0.05) is 38.3 Å². The van der Waals surface area contributed by atoms with Crippen molar-refractivity contribution in [2.75, 3.05) is 0 Å². The van der Waals surface area contributed by atoms with Gasteiger partial charge in [0.1, 0.15) is 0 Å². The van der Waals surface area contributed by atoms with Crippen molar-refractivity contribution < 1.29 is 19.8 Å². The molecule has 92 valence electrons. The fourth-order valence-corrected chi connectivity index (χ4v) is 1.47. The molecule has 0 heterocycles. The monoisotopic (exact) mass is 236 g/mol. The van der Waals surface area contributed by atoms with Crippen molar-refractivity contribution in [1.29, 1.82) is 0 Å². The second-order valence-electron chi connectivity index (χ2n) is 4.19. The van der Waals surface area contributed by atoms with Gasteiger partial charge in [0.2, 0.25) is 0 Å². The van der Waals surface area contributed by atoms with E-state index < -0.39 is 11.9 Å². The summed E-state index contributed by atoms with van der Waals surface area (Å²) in [4.78, 5) is 20.9. The highest BCUT2D eigenvalue weighted by atomic mass is 16.4. The topological polar surface area (TPSA) is 74.6 Å². The SMILES string of the molecule is CC1CCC1.O=C(O)c1ccccc1C(=O)O. The Morgan fingerprint density at radius 1 is 1.06 bits per heavy atom. The van der Waals surface area contributed by atoms with Crippen molar-refractivity contribution in [2.45, 2.75) is 26.2 Å². The molecule has 1 aromatic carbocycles. The molecule has 0 unspecified atom stereocenters. The number of hydrogen-bond acceptors (Lipinski definition) is 2. The second kappa shape index (κ2) is 6.03. The third-order valence-corrected chi connectivity index (χ3v) is 2.78. The summed E-state index contributed by atoms with van der Waals surface area (Å²) in [5.41, 5.74) is -0.380. The molecule has 4 nitrogen and oxygen atoms in total. The molecule has 0 bridgehead atoms. The molecule has 0 atom stereocenters. The number of aromatic carboxylic acids is 2. The van der Waals surface area contributed by atoms with Crippen LogP contribution in [0.25, 0.3) is 0 Å². The maximum absolute atomic E-state index is 10.5. The van der Waals surface area contributed by atoms with Crippen molar-refractivity contribution in [3.63, 3.8) is 0 Å². The lowest BCUT2D eigenvalue weighted by molar-refractivity contribution is 0.0651. The van der Waals surface area contributed by atoms with Gasteiger partial charge in [-0.25, -0.2) is 9.59 Å². The van der Waals surface area contributed by atoms with E-state index in [1.54, 1.807) is 0 Å². The van der Waals surface area contributed by atoms with Gasteiger partial charge in [-0.2, -0.15) is 0 Å². The van der Waals surface area contributed by atoms with E-state index in [-0.39, 0.29) is 11.1 Å². The maximum atomic E-state index is 10.5. The molecule has 1 aliphatic rings. The van der Waals surface area contributed by atoms with Crippen LogP contribution in [0.15, 0.2) is 24.3 Å². The van der Waals surface area contributed by atoms with Gasteiger partial charge in [-0.3, -0.25) is 0 Å². The lowest BCUT2D eigenvalue weighted by Crippen LogP contribution is -2.06. The molecule has 0 radical (unpaired) electrons. The molecule has 1 fully saturated rings. The molecule has 2 N–H and O–H groups in total. The molecule has 0 aliphatic heterocycles. The van der Waals surface area contributed by atoms with E-state index >= 15 is 0 Å². The third-order valence-electron chi connectivity index (χ3n) is 2.78. The zero-order valence-corrected chi connectivity index (χ0v) is 9.72. The maximum Gasteiger partial charge on any atom is 0.336 e. The number of rotatable bonds is 2. The first-order valence-electron chi connectivity index (χ1n) is 5.58. The van der Waals surface area contributed by atoms with Crippen molar-refractivity contribution >= 4 is 11.9 Å². The van der Waals surface area contributed by atoms with E-state index in [4.69, 9.17) is 10.2 Å². The van der Waals surface area contributed by atoms with E-state index in [9.17, 15) is 9.59 Å². The van der Waals surface area contributed by atoms with Gasteiger partial charge in [-0.15, -0.1) is 0 Å². The van der Waals surface area contributed by atoms with Gasteiger partial charge in [0.15, 0.2) is 0 Å². The standard InChI is InChI=1S/C8H6O4.C5H10/c9-7(10)5-3-1-2-4-6(5)8(11)12;1-5-3-2-4-5/h1-4H,(H,9,10)(H,11,12);5H,2-4H2,1H3. The molecule has 17 heavy (non-hydrogen) atoms. The van der Waals surface area contributed by atoms with Crippen LogP contribution in [0.2, 0.25) is 0 Å². The highest BCUT2D eigenvalue weighted by Crippen LogP contribution is 2.24. The second-order valence-corrected chi connectivity index (χ2v) is 4.19. The molecular formula is C13H16O4. The van der Waals surface area contributed by atoms with Crippen molar-refractivity contribution in [1.82, 2.24) is 0 Å². The largest absolute Gasteiger partial charge is 0.478 e. The van der Waals surface area contributed by atoms with Crippen LogP contribution < -0.4 is 0 Å². The van der Waals surface area contributed by atoms with Gasteiger partial charge in [0, 0.05) is 0 Å².